The normalized spacial score (nSPS) is 12.9. The van der Waals surface area contributed by atoms with Gasteiger partial charge in [-0.2, -0.15) is 0 Å². The summed E-state index contributed by atoms with van der Waals surface area (Å²) in [6.45, 7) is 3.01. The van der Waals surface area contributed by atoms with Crippen LogP contribution in [0.25, 0.3) is 0 Å². The van der Waals surface area contributed by atoms with E-state index in [0.717, 1.165) is 18.5 Å². The van der Waals surface area contributed by atoms with Crippen LogP contribution in [-0.4, -0.2) is 33.1 Å². The van der Waals surface area contributed by atoms with E-state index in [2.05, 4.69) is 12.2 Å². The van der Waals surface area contributed by atoms with Gasteiger partial charge in [0.15, 0.2) is 6.29 Å². The Morgan fingerprint density at radius 3 is 2.47 bits per heavy atom. The van der Waals surface area contributed by atoms with Crippen LogP contribution in [0.15, 0.2) is 18.2 Å². The second-order valence-electron chi connectivity index (χ2n) is 4.34. The highest BCUT2D eigenvalue weighted by atomic mass is 35.5. The monoisotopic (exact) mass is 305 g/mol. The van der Waals surface area contributed by atoms with Crippen molar-refractivity contribution in [2.75, 3.05) is 20.8 Å². The fourth-order valence-corrected chi connectivity index (χ4v) is 2.35. The standard InChI is InChI=1S/C14H21Cl2NO2/c1-4-7-17-13(14(18-2)19-3)9-10-8-11(15)5-6-12(10)16/h5-6,8,13-14,17H,4,7,9H2,1-3H3. The molecule has 0 saturated carbocycles. The lowest BCUT2D eigenvalue weighted by molar-refractivity contribution is -0.122. The number of rotatable bonds is 8. The van der Waals surface area contributed by atoms with E-state index in [9.17, 15) is 0 Å². The van der Waals surface area contributed by atoms with Gasteiger partial charge in [0.05, 0.1) is 6.04 Å². The Bertz CT molecular complexity index is 384. The molecule has 0 spiro atoms. The van der Waals surface area contributed by atoms with E-state index in [4.69, 9.17) is 32.7 Å². The summed E-state index contributed by atoms with van der Waals surface area (Å²) >= 11 is 12.2. The van der Waals surface area contributed by atoms with Gasteiger partial charge in [-0.3, -0.25) is 0 Å². The zero-order valence-electron chi connectivity index (χ0n) is 11.6. The summed E-state index contributed by atoms with van der Waals surface area (Å²) in [5, 5.41) is 4.80. The summed E-state index contributed by atoms with van der Waals surface area (Å²) in [6, 6.07) is 5.51. The molecule has 1 N–H and O–H groups in total. The molecule has 1 unspecified atom stereocenters. The van der Waals surface area contributed by atoms with Gasteiger partial charge in [0.25, 0.3) is 0 Å². The number of hydrogen-bond donors (Lipinski definition) is 1. The van der Waals surface area contributed by atoms with Crippen LogP contribution in [0.2, 0.25) is 10.0 Å². The van der Waals surface area contributed by atoms with Gasteiger partial charge in [0, 0.05) is 24.3 Å². The van der Waals surface area contributed by atoms with Gasteiger partial charge in [-0.25, -0.2) is 0 Å². The molecule has 1 atom stereocenters. The maximum absolute atomic E-state index is 6.20. The van der Waals surface area contributed by atoms with Crippen molar-refractivity contribution in [1.29, 1.82) is 0 Å². The van der Waals surface area contributed by atoms with Gasteiger partial charge in [-0.1, -0.05) is 30.1 Å². The molecule has 0 aliphatic rings. The number of methoxy groups -OCH3 is 2. The number of halogens is 2. The summed E-state index contributed by atoms with van der Waals surface area (Å²) in [5.74, 6) is 0. The first kappa shape index (κ1) is 16.7. The molecule has 0 saturated heterocycles. The van der Waals surface area contributed by atoms with Crippen LogP contribution in [0.5, 0.6) is 0 Å². The first-order chi connectivity index (χ1) is 9.12. The van der Waals surface area contributed by atoms with Crippen LogP contribution in [0.1, 0.15) is 18.9 Å². The largest absolute Gasteiger partial charge is 0.354 e. The minimum Gasteiger partial charge on any atom is -0.354 e. The highest BCUT2D eigenvalue weighted by Crippen LogP contribution is 2.23. The molecule has 0 aliphatic carbocycles. The van der Waals surface area contributed by atoms with Crippen molar-refractivity contribution in [3.8, 4) is 0 Å². The quantitative estimate of drug-likeness (QED) is 0.745. The van der Waals surface area contributed by atoms with E-state index in [1.807, 2.05) is 12.1 Å². The molecule has 0 heterocycles. The smallest absolute Gasteiger partial charge is 0.172 e. The first-order valence-corrected chi connectivity index (χ1v) is 7.10. The molecule has 3 nitrogen and oxygen atoms in total. The molecule has 0 radical (unpaired) electrons. The van der Waals surface area contributed by atoms with E-state index in [1.165, 1.54) is 0 Å². The van der Waals surface area contributed by atoms with Gasteiger partial charge in [-0.05, 0) is 43.1 Å². The molecule has 0 bridgehead atoms. The predicted octanol–water partition coefficient (Wildman–Crippen LogP) is 3.52. The molecule has 0 amide bonds. The molecule has 0 aromatic heterocycles. The van der Waals surface area contributed by atoms with Crippen LogP contribution >= 0.6 is 23.2 Å². The Morgan fingerprint density at radius 2 is 1.89 bits per heavy atom. The van der Waals surface area contributed by atoms with Crippen molar-refractivity contribution in [2.45, 2.75) is 32.1 Å². The van der Waals surface area contributed by atoms with E-state index >= 15 is 0 Å². The lowest BCUT2D eigenvalue weighted by atomic mass is 10.1. The highest BCUT2D eigenvalue weighted by molar-refractivity contribution is 6.33. The van der Waals surface area contributed by atoms with Gasteiger partial charge in [0.1, 0.15) is 0 Å². The molecule has 5 heteroatoms. The minimum absolute atomic E-state index is 0.0333. The lowest BCUT2D eigenvalue weighted by Crippen LogP contribution is -2.44. The molecule has 0 fully saturated rings. The number of nitrogens with one attached hydrogen (secondary N) is 1. The van der Waals surface area contributed by atoms with Gasteiger partial charge in [-0.15, -0.1) is 0 Å². The Morgan fingerprint density at radius 1 is 1.21 bits per heavy atom. The molecule has 0 aliphatic heterocycles. The van der Waals surface area contributed by atoms with E-state index in [0.29, 0.717) is 16.5 Å². The van der Waals surface area contributed by atoms with Crippen LogP contribution in [0.3, 0.4) is 0 Å². The van der Waals surface area contributed by atoms with Gasteiger partial charge >= 0.3 is 0 Å². The summed E-state index contributed by atoms with van der Waals surface area (Å²) < 4.78 is 10.7. The van der Waals surface area contributed by atoms with Crippen LogP contribution < -0.4 is 5.32 Å². The summed E-state index contributed by atoms with van der Waals surface area (Å²) in [7, 11) is 3.27. The Hall–Kier alpha value is -0.320. The average Bonchev–Trinajstić information content (AvgIpc) is 2.41. The molecular weight excluding hydrogens is 285 g/mol. The third-order valence-electron chi connectivity index (χ3n) is 2.90. The molecule has 1 rings (SSSR count). The van der Waals surface area contributed by atoms with Crippen molar-refractivity contribution in [3.63, 3.8) is 0 Å². The average molecular weight is 306 g/mol. The zero-order valence-corrected chi connectivity index (χ0v) is 13.1. The maximum Gasteiger partial charge on any atom is 0.172 e. The van der Waals surface area contributed by atoms with Crippen molar-refractivity contribution in [1.82, 2.24) is 5.32 Å². The number of hydrogen-bond acceptors (Lipinski definition) is 3. The Kier molecular flexibility index (Phi) is 7.73. The SMILES string of the molecule is CCCNC(Cc1cc(Cl)ccc1Cl)C(OC)OC. The van der Waals surface area contributed by atoms with Crippen LogP contribution in [0, 0.1) is 0 Å². The topological polar surface area (TPSA) is 30.5 Å². The Balaban J connectivity index is 2.83. The third-order valence-corrected chi connectivity index (χ3v) is 3.50. The summed E-state index contributed by atoms with van der Waals surface area (Å²) in [4.78, 5) is 0. The molecule has 1 aromatic carbocycles. The zero-order chi connectivity index (χ0) is 14.3. The maximum atomic E-state index is 6.20. The fraction of sp³-hybridized carbons (Fsp3) is 0.571. The van der Waals surface area contributed by atoms with Crippen molar-refractivity contribution in [3.05, 3.63) is 33.8 Å². The van der Waals surface area contributed by atoms with Gasteiger partial charge in [0.2, 0.25) is 0 Å². The second kappa shape index (κ2) is 8.77. The predicted molar refractivity (Wildman–Crippen MR) is 80.1 cm³/mol. The lowest BCUT2D eigenvalue weighted by Gasteiger charge is -2.26. The summed E-state index contributed by atoms with van der Waals surface area (Å²) in [5.41, 5.74) is 0.988. The minimum atomic E-state index is -0.318. The van der Waals surface area contributed by atoms with Crippen LogP contribution in [0.4, 0.5) is 0 Å². The second-order valence-corrected chi connectivity index (χ2v) is 5.18. The molecule has 108 valence electrons. The third kappa shape index (κ3) is 5.28. The Labute approximate surface area is 125 Å². The van der Waals surface area contributed by atoms with E-state index in [1.54, 1.807) is 20.3 Å². The van der Waals surface area contributed by atoms with E-state index < -0.39 is 0 Å². The molecular formula is C14H21Cl2NO2. The molecule has 19 heavy (non-hydrogen) atoms. The van der Waals surface area contributed by atoms with Crippen LogP contribution in [-0.2, 0) is 15.9 Å². The fourth-order valence-electron chi connectivity index (χ4n) is 1.96. The van der Waals surface area contributed by atoms with Crippen molar-refractivity contribution in [2.24, 2.45) is 0 Å². The van der Waals surface area contributed by atoms with Gasteiger partial charge < -0.3 is 14.8 Å². The van der Waals surface area contributed by atoms with Crippen molar-refractivity contribution < 1.29 is 9.47 Å². The van der Waals surface area contributed by atoms with Crippen molar-refractivity contribution >= 4 is 23.2 Å². The molecule has 1 aromatic rings. The number of ether oxygens (including phenoxy) is 2. The number of benzene rings is 1. The summed E-state index contributed by atoms with van der Waals surface area (Å²) in [6.07, 6.45) is 1.42. The first-order valence-electron chi connectivity index (χ1n) is 6.35. The highest BCUT2D eigenvalue weighted by Gasteiger charge is 2.21. The van der Waals surface area contributed by atoms with E-state index in [-0.39, 0.29) is 12.3 Å².